The highest BCUT2D eigenvalue weighted by molar-refractivity contribution is 5.87. The highest BCUT2D eigenvalue weighted by Gasteiger charge is 2.32. The number of allylic oxidation sites excluding steroid dienone is 3. The molecule has 1 atom stereocenters. The van der Waals surface area contributed by atoms with Crippen LogP contribution in [0.15, 0.2) is 59.1 Å². The molecule has 0 saturated carbocycles. The number of hydrogen-bond acceptors (Lipinski definition) is 3. The Kier molecular flexibility index (Phi) is 3.09. The number of hydrogen-bond donors (Lipinski definition) is 2. The summed E-state index contributed by atoms with van der Waals surface area (Å²) in [6.07, 6.45) is 5.00. The van der Waals surface area contributed by atoms with Gasteiger partial charge in [0.05, 0.1) is 17.3 Å². The molecule has 4 heteroatoms. The van der Waals surface area contributed by atoms with Crippen LogP contribution in [0.2, 0.25) is 0 Å². The molecule has 1 aromatic carbocycles. The van der Waals surface area contributed by atoms with E-state index in [1.165, 1.54) is 11.1 Å². The Labute approximate surface area is 123 Å². The van der Waals surface area contributed by atoms with Crippen molar-refractivity contribution in [2.24, 2.45) is 5.73 Å². The van der Waals surface area contributed by atoms with Gasteiger partial charge in [-0.15, -0.1) is 0 Å². The summed E-state index contributed by atoms with van der Waals surface area (Å²) < 4.78 is 0. The van der Waals surface area contributed by atoms with Gasteiger partial charge in [-0.2, -0.15) is 0 Å². The fourth-order valence-electron chi connectivity index (χ4n) is 3.13. The molecule has 0 bridgehead atoms. The van der Waals surface area contributed by atoms with Gasteiger partial charge in [-0.3, -0.25) is 0 Å². The molecule has 0 spiro atoms. The number of carboxylic acids is 1. The van der Waals surface area contributed by atoms with Gasteiger partial charge in [0.15, 0.2) is 0 Å². The summed E-state index contributed by atoms with van der Waals surface area (Å²) in [4.78, 5) is 13.1. The van der Waals surface area contributed by atoms with Crippen LogP contribution < -0.4 is 5.73 Å². The van der Waals surface area contributed by atoms with Crippen molar-refractivity contribution in [3.05, 3.63) is 70.2 Å². The van der Waals surface area contributed by atoms with Crippen molar-refractivity contribution in [1.29, 1.82) is 0 Å². The lowest BCUT2D eigenvalue weighted by molar-refractivity contribution is 0.0697. The maximum atomic E-state index is 10.9. The number of aromatic carboxylic acids is 1. The summed E-state index contributed by atoms with van der Waals surface area (Å²) in [5, 5.41) is 8.98. The minimum atomic E-state index is -0.904. The van der Waals surface area contributed by atoms with Crippen LogP contribution in [0.4, 0.5) is 0 Å². The van der Waals surface area contributed by atoms with Crippen molar-refractivity contribution in [1.82, 2.24) is 4.90 Å². The normalized spacial score (nSPS) is 21.0. The molecule has 2 aliphatic heterocycles. The van der Waals surface area contributed by atoms with Gasteiger partial charge in [0, 0.05) is 18.3 Å². The molecule has 0 aliphatic carbocycles. The number of rotatable bonds is 2. The molecular formula is C17H18N2O2. The SMILES string of the molecule is CC1=CN2C(=C(N)CC2c2ccc(C(=O)O)cc2)C(C)=C1. The predicted molar refractivity (Wildman–Crippen MR) is 81.3 cm³/mol. The molecule has 0 saturated heterocycles. The lowest BCUT2D eigenvalue weighted by Crippen LogP contribution is -2.21. The van der Waals surface area contributed by atoms with Crippen LogP contribution in [-0.2, 0) is 0 Å². The molecule has 2 heterocycles. The predicted octanol–water partition coefficient (Wildman–Crippen LogP) is 3.17. The molecule has 21 heavy (non-hydrogen) atoms. The molecule has 4 nitrogen and oxygen atoms in total. The number of fused-ring (bicyclic) bond motifs is 1. The largest absolute Gasteiger partial charge is 0.478 e. The Morgan fingerprint density at radius 2 is 1.95 bits per heavy atom. The molecule has 108 valence electrons. The van der Waals surface area contributed by atoms with E-state index in [9.17, 15) is 4.79 Å². The number of carbonyl (C=O) groups is 1. The summed E-state index contributed by atoms with van der Waals surface area (Å²) >= 11 is 0. The third-order valence-electron chi connectivity index (χ3n) is 4.01. The van der Waals surface area contributed by atoms with Gasteiger partial charge in [-0.05, 0) is 42.7 Å². The summed E-state index contributed by atoms with van der Waals surface area (Å²) in [6.45, 7) is 4.14. The molecule has 0 amide bonds. The van der Waals surface area contributed by atoms with E-state index in [0.29, 0.717) is 5.56 Å². The van der Waals surface area contributed by atoms with Crippen LogP contribution in [0, 0.1) is 0 Å². The first-order valence-electron chi connectivity index (χ1n) is 6.94. The fraction of sp³-hybridized carbons (Fsp3) is 0.235. The van der Waals surface area contributed by atoms with Crippen LogP contribution in [0.3, 0.4) is 0 Å². The minimum Gasteiger partial charge on any atom is -0.478 e. The van der Waals surface area contributed by atoms with Gasteiger partial charge in [0.25, 0.3) is 0 Å². The lowest BCUT2D eigenvalue weighted by Gasteiger charge is -2.30. The third-order valence-corrected chi connectivity index (χ3v) is 4.01. The van der Waals surface area contributed by atoms with E-state index in [2.05, 4.69) is 31.0 Å². The van der Waals surface area contributed by atoms with Crippen LogP contribution in [0.25, 0.3) is 0 Å². The minimum absolute atomic E-state index is 0.140. The van der Waals surface area contributed by atoms with Crippen LogP contribution in [-0.4, -0.2) is 16.0 Å². The Hall–Kier alpha value is -2.49. The number of carboxylic acid groups (broad SMARTS) is 1. The second-order valence-corrected chi connectivity index (χ2v) is 5.63. The van der Waals surface area contributed by atoms with Crippen LogP contribution in [0.1, 0.15) is 42.2 Å². The summed E-state index contributed by atoms with van der Waals surface area (Å²) in [5.74, 6) is -0.904. The van der Waals surface area contributed by atoms with Crippen molar-refractivity contribution >= 4 is 5.97 Å². The van der Waals surface area contributed by atoms with Gasteiger partial charge in [0.1, 0.15) is 0 Å². The highest BCUT2D eigenvalue weighted by Crippen LogP contribution is 2.42. The van der Waals surface area contributed by atoms with E-state index in [1.54, 1.807) is 12.1 Å². The van der Waals surface area contributed by atoms with Crippen LogP contribution >= 0.6 is 0 Å². The Morgan fingerprint density at radius 1 is 1.29 bits per heavy atom. The van der Waals surface area contributed by atoms with Gasteiger partial charge in [-0.1, -0.05) is 18.2 Å². The molecule has 0 radical (unpaired) electrons. The van der Waals surface area contributed by atoms with Crippen molar-refractivity contribution in [2.45, 2.75) is 26.3 Å². The van der Waals surface area contributed by atoms with Crippen molar-refractivity contribution in [2.75, 3.05) is 0 Å². The second-order valence-electron chi connectivity index (χ2n) is 5.63. The highest BCUT2D eigenvalue weighted by atomic mass is 16.4. The van der Waals surface area contributed by atoms with Gasteiger partial charge >= 0.3 is 5.97 Å². The summed E-state index contributed by atoms with van der Waals surface area (Å²) in [7, 11) is 0. The fourth-order valence-corrected chi connectivity index (χ4v) is 3.13. The molecule has 1 unspecified atom stereocenters. The average molecular weight is 282 g/mol. The van der Waals surface area contributed by atoms with Crippen molar-refractivity contribution < 1.29 is 9.90 Å². The molecule has 3 rings (SSSR count). The standard InChI is InChI=1S/C17H18N2O2/c1-10-7-11(2)16-14(18)8-15(19(16)9-10)12-3-5-13(6-4-12)17(20)21/h3-7,9,15H,8,18H2,1-2H3,(H,20,21). The van der Waals surface area contributed by atoms with Gasteiger partial charge < -0.3 is 15.7 Å². The third kappa shape index (κ3) is 2.23. The Balaban J connectivity index is 1.95. The first kappa shape index (κ1) is 13.5. The summed E-state index contributed by atoms with van der Waals surface area (Å²) in [5.41, 5.74) is 11.9. The molecule has 2 aliphatic rings. The first-order chi connectivity index (χ1) is 9.97. The zero-order chi connectivity index (χ0) is 15.1. The molecule has 0 aromatic heterocycles. The van der Waals surface area contributed by atoms with E-state index in [4.69, 9.17) is 10.8 Å². The average Bonchev–Trinajstić information content (AvgIpc) is 2.76. The first-order valence-corrected chi connectivity index (χ1v) is 6.94. The van der Waals surface area contributed by atoms with Crippen LogP contribution in [0.5, 0.6) is 0 Å². The van der Waals surface area contributed by atoms with Gasteiger partial charge in [0.2, 0.25) is 0 Å². The monoisotopic (exact) mass is 282 g/mol. The van der Waals surface area contributed by atoms with E-state index < -0.39 is 5.97 Å². The van der Waals surface area contributed by atoms with E-state index in [-0.39, 0.29) is 6.04 Å². The molecule has 1 aromatic rings. The Bertz CT molecular complexity index is 696. The lowest BCUT2D eigenvalue weighted by atomic mass is 10.0. The van der Waals surface area contributed by atoms with Gasteiger partial charge in [-0.25, -0.2) is 4.79 Å². The smallest absolute Gasteiger partial charge is 0.335 e. The number of benzene rings is 1. The maximum Gasteiger partial charge on any atom is 0.335 e. The van der Waals surface area contributed by atoms with E-state index in [0.717, 1.165) is 23.4 Å². The maximum absolute atomic E-state index is 10.9. The molecule has 0 fully saturated rings. The molecule has 3 N–H and O–H groups in total. The zero-order valence-corrected chi connectivity index (χ0v) is 12.1. The van der Waals surface area contributed by atoms with E-state index >= 15 is 0 Å². The zero-order valence-electron chi connectivity index (χ0n) is 12.1. The second kappa shape index (κ2) is 4.81. The quantitative estimate of drug-likeness (QED) is 0.874. The topological polar surface area (TPSA) is 66.6 Å². The van der Waals surface area contributed by atoms with Crippen molar-refractivity contribution in [3.63, 3.8) is 0 Å². The van der Waals surface area contributed by atoms with E-state index in [1.807, 2.05) is 12.1 Å². The number of nitrogens with zero attached hydrogens (tertiary/aromatic N) is 1. The molecular weight excluding hydrogens is 264 g/mol. The number of nitrogens with two attached hydrogens (primary N) is 1. The summed E-state index contributed by atoms with van der Waals surface area (Å²) in [6, 6.07) is 7.19. The van der Waals surface area contributed by atoms with Crippen molar-refractivity contribution in [3.8, 4) is 0 Å². The Morgan fingerprint density at radius 3 is 2.57 bits per heavy atom.